The maximum absolute atomic E-state index is 5.85. The Morgan fingerprint density at radius 3 is 2.67 bits per heavy atom. The third kappa shape index (κ3) is 3.26. The van der Waals surface area contributed by atoms with E-state index in [1.54, 1.807) is 6.33 Å². The van der Waals surface area contributed by atoms with Gasteiger partial charge in [-0.1, -0.05) is 13.8 Å². The average molecular weight is 293 g/mol. The van der Waals surface area contributed by atoms with Crippen LogP contribution >= 0.6 is 0 Å². The molecule has 0 amide bonds. The van der Waals surface area contributed by atoms with Crippen LogP contribution in [0.1, 0.15) is 19.7 Å². The number of hydrazine groups is 1. The minimum atomic E-state index is 0.225. The number of nitrogens with zero attached hydrogens (tertiary/aromatic N) is 5. The van der Waals surface area contributed by atoms with E-state index in [0.29, 0.717) is 12.0 Å². The molecule has 7 nitrogen and oxygen atoms in total. The van der Waals surface area contributed by atoms with Gasteiger partial charge in [-0.2, -0.15) is 5.10 Å². The van der Waals surface area contributed by atoms with Crippen LogP contribution in [0.15, 0.2) is 6.33 Å². The maximum atomic E-state index is 5.85. The van der Waals surface area contributed by atoms with Crippen molar-refractivity contribution in [3.8, 4) is 0 Å². The summed E-state index contributed by atoms with van der Waals surface area (Å²) in [5, 5.41) is 4.35. The summed E-state index contributed by atoms with van der Waals surface area (Å²) in [5.74, 6) is 7.45. The van der Waals surface area contributed by atoms with E-state index in [9.17, 15) is 0 Å². The van der Waals surface area contributed by atoms with Crippen LogP contribution in [0.4, 0.5) is 0 Å². The Morgan fingerprint density at radius 1 is 1.33 bits per heavy atom. The van der Waals surface area contributed by atoms with Gasteiger partial charge in [0.2, 0.25) is 0 Å². The molecule has 0 saturated carbocycles. The summed E-state index contributed by atoms with van der Waals surface area (Å²) in [6.45, 7) is 11.1. The van der Waals surface area contributed by atoms with Gasteiger partial charge in [0.15, 0.2) is 0 Å². The molecule has 0 radical (unpaired) electrons. The molecule has 2 bridgehead atoms. The zero-order valence-corrected chi connectivity index (χ0v) is 13.1. The molecule has 2 atom stereocenters. The number of fused-ring (bicyclic) bond motifs is 3. The van der Waals surface area contributed by atoms with Gasteiger partial charge in [0.1, 0.15) is 12.2 Å². The highest BCUT2D eigenvalue weighted by atomic mass is 15.4. The number of hydrogen-bond acceptors (Lipinski definition) is 6. The SMILES string of the molecule is CC(C)Cn1ncnc1CC(NN)C1CN2CCN1CC2. The second-order valence-corrected chi connectivity index (χ2v) is 6.63. The fourth-order valence-electron chi connectivity index (χ4n) is 3.49. The molecule has 4 heterocycles. The number of nitrogens with one attached hydrogen (secondary N) is 1. The van der Waals surface area contributed by atoms with E-state index in [1.807, 2.05) is 4.68 Å². The fourth-order valence-corrected chi connectivity index (χ4v) is 3.49. The molecule has 3 N–H and O–H groups in total. The maximum Gasteiger partial charge on any atom is 0.138 e. The van der Waals surface area contributed by atoms with Crippen LogP contribution in [0.5, 0.6) is 0 Å². The van der Waals surface area contributed by atoms with Gasteiger partial charge in [-0.05, 0) is 5.92 Å². The molecular weight excluding hydrogens is 266 g/mol. The lowest BCUT2D eigenvalue weighted by Gasteiger charge is -2.50. The predicted molar refractivity (Wildman–Crippen MR) is 81.5 cm³/mol. The highest BCUT2D eigenvalue weighted by Crippen LogP contribution is 2.19. The summed E-state index contributed by atoms with van der Waals surface area (Å²) < 4.78 is 2.02. The minimum Gasteiger partial charge on any atom is -0.299 e. The molecule has 4 rings (SSSR count). The smallest absolute Gasteiger partial charge is 0.138 e. The molecule has 3 fully saturated rings. The lowest BCUT2D eigenvalue weighted by atomic mass is 9.98. The van der Waals surface area contributed by atoms with Gasteiger partial charge in [-0.15, -0.1) is 0 Å². The van der Waals surface area contributed by atoms with Crippen molar-refractivity contribution in [1.82, 2.24) is 30.0 Å². The third-order valence-corrected chi connectivity index (χ3v) is 4.64. The summed E-state index contributed by atoms with van der Waals surface area (Å²) in [4.78, 5) is 9.54. The minimum absolute atomic E-state index is 0.225. The van der Waals surface area contributed by atoms with Crippen molar-refractivity contribution in [1.29, 1.82) is 0 Å². The molecule has 0 aliphatic carbocycles. The van der Waals surface area contributed by atoms with E-state index in [1.165, 1.54) is 13.1 Å². The molecule has 118 valence electrons. The molecule has 2 unspecified atom stereocenters. The van der Waals surface area contributed by atoms with Gasteiger partial charge in [0.05, 0.1) is 0 Å². The van der Waals surface area contributed by atoms with Gasteiger partial charge in [0, 0.05) is 57.8 Å². The lowest BCUT2D eigenvalue weighted by Crippen LogP contribution is -2.67. The lowest BCUT2D eigenvalue weighted by molar-refractivity contribution is -0.00358. The fraction of sp³-hybridized carbons (Fsp3) is 0.857. The Labute approximate surface area is 126 Å². The second-order valence-electron chi connectivity index (χ2n) is 6.63. The van der Waals surface area contributed by atoms with Gasteiger partial charge in [-0.25, -0.2) is 9.67 Å². The zero-order chi connectivity index (χ0) is 14.8. The molecule has 3 aliphatic heterocycles. The number of hydrogen-bond donors (Lipinski definition) is 2. The molecular formula is C14H27N7. The quantitative estimate of drug-likeness (QED) is 0.534. The van der Waals surface area contributed by atoms with Crippen LogP contribution in [0.25, 0.3) is 0 Å². The third-order valence-electron chi connectivity index (χ3n) is 4.64. The first-order valence-corrected chi connectivity index (χ1v) is 7.96. The molecule has 7 heteroatoms. The number of rotatable bonds is 6. The number of piperazine rings is 3. The summed E-state index contributed by atoms with van der Waals surface area (Å²) >= 11 is 0. The topological polar surface area (TPSA) is 75.2 Å². The van der Waals surface area contributed by atoms with E-state index < -0.39 is 0 Å². The average Bonchev–Trinajstić information content (AvgIpc) is 2.92. The van der Waals surface area contributed by atoms with E-state index >= 15 is 0 Å². The van der Waals surface area contributed by atoms with Crippen molar-refractivity contribution in [2.24, 2.45) is 11.8 Å². The highest BCUT2D eigenvalue weighted by Gasteiger charge is 2.36. The zero-order valence-electron chi connectivity index (χ0n) is 13.1. The largest absolute Gasteiger partial charge is 0.299 e. The van der Waals surface area contributed by atoms with E-state index in [-0.39, 0.29) is 6.04 Å². The van der Waals surface area contributed by atoms with E-state index in [2.05, 4.69) is 39.2 Å². The van der Waals surface area contributed by atoms with Gasteiger partial charge in [0.25, 0.3) is 0 Å². The van der Waals surface area contributed by atoms with Gasteiger partial charge < -0.3 is 0 Å². The summed E-state index contributed by atoms with van der Waals surface area (Å²) in [7, 11) is 0. The normalized spacial score (nSPS) is 30.0. The monoisotopic (exact) mass is 293 g/mol. The Morgan fingerprint density at radius 2 is 2.10 bits per heavy atom. The molecule has 0 spiro atoms. The van der Waals surface area contributed by atoms with Crippen LogP contribution in [-0.2, 0) is 13.0 Å². The van der Waals surface area contributed by atoms with Crippen molar-refractivity contribution in [2.45, 2.75) is 38.9 Å². The first kappa shape index (κ1) is 14.9. The van der Waals surface area contributed by atoms with Crippen molar-refractivity contribution in [2.75, 3.05) is 32.7 Å². The van der Waals surface area contributed by atoms with E-state index in [0.717, 1.165) is 38.4 Å². The van der Waals surface area contributed by atoms with Crippen LogP contribution in [-0.4, -0.2) is 69.4 Å². The van der Waals surface area contributed by atoms with Crippen LogP contribution in [0, 0.1) is 5.92 Å². The van der Waals surface area contributed by atoms with Crippen molar-refractivity contribution >= 4 is 0 Å². The van der Waals surface area contributed by atoms with Gasteiger partial charge >= 0.3 is 0 Å². The molecule has 1 aromatic rings. The van der Waals surface area contributed by atoms with Crippen LogP contribution in [0.2, 0.25) is 0 Å². The van der Waals surface area contributed by atoms with E-state index in [4.69, 9.17) is 5.84 Å². The van der Waals surface area contributed by atoms with Crippen molar-refractivity contribution in [3.05, 3.63) is 12.2 Å². The summed E-state index contributed by atoms with van der Waals surface area (Å²) in [6.07, 6.45) is 2.49. The standard InChI is InChI=1S/C14H27N7/c1-11(2)8-21-14(16-10-17-21)7-12(18-15)13-9-19-3-5-20(13)6-4-19/h10-13,18H,3-9,15H2,1-2H3. The van der Waals surface area contributed by atoms with Gasteiger partial charge in [-0.3, -0.25) is 21.1 Å². The predicted octanol–water partition coefficient (Wildman–Crippen LogP) is -0.692. The number of nitrogens with two attached hydrogens (primary N) is 1. The Balaban J connectivity index is 1.68. The summed E-state index contributed by atoms with van der Waals surface area (Å²) in [6, 6.07) is 0.699. The number of aromatic nitrogens is 3. The first-order chi connectivity index (χ1) is 10.2. The Bertz CT molecular complexity index is 450. The molecule has 0 aromatic carbocycles. The van der Waals surface area contributed by atoms with Crippen molar-refractivity contribution in [3.63, 3.8) is 0 Å². The van der Waals surface area contributed by atoms with Crippen LogP contribution in [0.3, 0.4) is 0 Å². The molecule has 3 aliphatic rings. The molecule has 21 heavy (non-hydrogen) atoms. The van der Waals surface area contributed by atoms with Crippen molar-refractivity contribution < 1.29 is 0 Å². The second kappa shape index (κ2) is 6.39. The Kier molecular flexibility index (Phi) is 4.54. The molecule has 1 aromatic heterocycles. The highest BCUT2D eigenvalue weighted by molar-refractivity contribution is 4.99. The summed E-state index contributed by atoms with van der Waals surface area (Å²) in [5.41, 5.74) is 3.03. The first-order valence-electron chi connectivity index (χ1n) is 7.96. The molecule has 3 saturated heterocycles. The van der Waals surface area contributed by atoms with Crippen LogP contribution < -0.4 is 11.3 Å². The Hall–Kier alpha value is -1.02.